The smallest absolute Gasteiger partial charge is 0.423 e. The van der Waals surface area contributed by atoms with Gasteiger partial charge in [0, 0.05) is 12.5 Å². The van der Waals surface area contributed by atoms with Crippen molar-refractivity contribution in [1.82, 2.24) is 9.78 Å². The molecule has 0 aliphatic heterocycles. The van der Waals surface area contributed by atoms with Gasteiger partial charge in [-0.05, 0) is 24.6 Å². The number of aldehydes is 1. The van der Waals surface area contributed by atoms with Crippen molar-refractivity contribution >= 4 is 12.0 Å². The number of carbonyl (C=O) groups is 1. The molecule has 1 aromatic heterocycles. The molecule has 0 aliphatic rings. The first kappa shape index (κ1) is 22.4. The fourth-order valence-corrected chi connectivity index (χ4v) is 2.59. The van der Waals surface area contributed by atoms with Gasteiger partial charge in [-0.3, -0.25) is 4.79 Å². The zero-order valence-electron chi connectivity index (χ0n) is 16.0. The summed E-state index contributed by atoms with van der Waals surface area (Å²) in [6, 6.07) is 6.05. The van der Waals surface area contributed by atoms with E-state index in [0.29, 0.717) is 17.6 Å². The van der Waals surface area contributed by atoms with E-state index < -0.39 is 29.0 Å². The minimum absolute atomic E-state index is 0.0695. The highest BCUT2D eigenvalue weighted by molar-refractivity contribution is 5.50. The van der Waals surface area contributed by atoms with Crippen molar-refractivity contribution in [1.29, 1.82) is 0 Å². The second kappa shape index (κ2) is 10.1. The monoisotopic (exact) mass is 413 g/mol. The van der Waals surface area contributed by atoms with Crippen LogP contribution in [0, 0.1) is 0 Å². The molecule has 0 amide bonds. The quantitative estimate of drug-likeness (QED) is 0.477. The molecule has 7 nitrogen and oxygen atoms in total. The van der Waals surface area contributed by atoms with Gasteiger partial charge in [0.15, 0.2) is 0 Å². The van der Waals surface area contributed by atoms with Crippen LogP contribution in [0.1, 0.15) is 24.5 Å². The highest BCUT2D eigenvalue weighted by Gasteiger charge is 2.38. The summed E-state index contributed by atoms with van der Waals surface area (Å²) >= 11 is 0. The molecule has 2 aromatic rings. The van der Waals surface area contributed by atoms with Crippen molar-refractivity contribution in [2.75, 3.05) is 25.6 Å². The minimum Gasteiger partial charge on any atom is -0.497 e. The molecule has 0 bridgehead atoms. The van der Waals surface area contributed by atoms with Crippen molar-refractivity contribution in [2.45, 2.75) is 32.1 Å². The first-order valence-electron chi connectivity index (χ1n) is 8.84. The Balaban J connectivity index is 2.24. The van der Waals surface area contributed by atoms with Crippen molar-refractivity contribution < 1.29 is 27.4 Å². The number of carbonyl (C=O) groups excluding carboxylic acids is 1. The Kier molecular flexibility index (Phi) is 7.77. The number of hydrogen-bond donors (Lipinski definition) is 1. The lowest BCUT2D eigenvalue weighted by Gasteiger charge is -2.19. The van der Waals surface area contributed by atoms with E-state index >= 15 is 0 Å². The van der Waals surface area contributed by atoms with Gasteiger partial charge < -0.3 is 19.6 Å². The molecule has 1 heterocycles. The fraction of sp³-hybridized carbons (Fsp3) is 0.421. The Morgan fingerprint density at radius 2 is 1.97 bits per heavy atom. The Labute approximate surface area is 165 Å². The molecule has 0 spiro atoms. The Morgan fingerprint density at radius 1 is 1.28 bits per heavy atom. The fourth-order valence-electron chi connectivity index (χ4n) is 2.59. The van der Waals surface area contributed by atoms with Crippen LogP contribution in [0.4, 0.5) is 18.9 Å². The molecule has 1 N–H and O–H groups in total. The van der Waals surface area contributed by atoms with E-state index in [9.17, 15) is 22.8 Å². The molecule has 29 heavy (non-hydrogen) atoms. The molecule has 1 aromatic carbocycles. The van der Waals surface area contributed by atoms with Crippen molar-refractivity contribution in [3.05, 3.63) is 51.9 Å². The largest absolute Gasteiger partial charge is 0.497 e. The van der Waals surface area contributed by atoms with E-state index in [1.165, 1.54) is 7.11 Å². The summed E-state index contributed by atoms with van der Waals surface area (Å²) in [5.41, 5.74) is -2.38. The van der Waals surface area contributed by atoms with Crippen LogP contribution in [0.3, 0.4) is 0 Å². The Bertz CT molecular complexity index is 866. The molecule has 1 atom stereocenters. The average Bonchev–Trinajstić information content (AvgIpc) is 2.67. The molecule has 0 radical (unpaired) electrons. The number of hydrogen-bond acceptors (Lipinski definition) is 6. The number of ether oxygens (including phenoxy) is 2. The summed E-state index contributed by atoms with van der Waals surface area (Å²) in [6.45, 7) is 1.73. The molecule has 10 heteroatoms. The number of anilines is 1. The average molecular weight is 413 g/mol. The van der Waals surface area contributed by atoms with Crippen molar-refractivity contribution in [3.8, 4) is 5.75 Å². The number of rotatable bonds is 10. The van der Waals surface area contributed by atoms with Crippen LogP contribution >= 0.6 is 0 Å². The third-order valence-corrected chi connectivity index (χ3v) is 3.97. The maximum Gasteiger partial charge on any atom is 0.423 e. The molecular formula is C19H22F3N3O4. The van der Waals surface area contributed by atoms with Gasteiger partial charge in [0.25, 0.3) is 5.56 Å². The van der Waals surface area contributed by atoms with Crippen molar-refractivity contribution in [3.63, 3.8) is 0 Å². The standard InChI is InChI=1S/C19H22F3N3O4/c1-13(12-29-9-3-8-26)24-16-10-23-25(18(27)17(16)19(20,21)22)11-14-4-6-15(28-2)7-5-14/h4-8,10,13,24H,3,9,11-12H2,1-2H3/t13-/m0/s1. The Morgan fingerprint density at radius 3 is 2.55 bits per heavy atom. The van der Waals surface area contributed by atoms with Crippen LogP contribution in [0.25, 0.3) is 0 Å². The second-order valence-electron chi connectivity index (χ2n) is 6.32. The van der Waals surface area contributed by atoms with Gasteiger partial charge in [0.2, 0.25) is 0 Å². The maximum atomic E-state index is 13.6. The number of alkyl halides is 3. The topological polar surface area (TPSA) is 82.4 Å². The van der Waals surface area contributed by atoms with Gasteiger partial charge >= 0.3 is 6.18 Å². The van der Waals surface area contributed by atoms with Crippen LogP contribution in [0.15, 0.2) is 35.3 Å². The van der Waals surface area contributed by atoms with Gasteiger partial charge in [-0.1, -0.05) is 12.1 Å². The van der Waals surface area contributed by atoms with Crippen LogP contribution < -0.4 is 15.6 Å². The summed E-state index contributed by atoms with van der Waals surface area (Å²) in [7, 11) is 1.50. The van der Waals surface area contributed by atoms with Crippen LogP contribution in [0.5, 0.6) is 5.75 Å². The van der Waals surface area contributed by atoms with E-state index in [1.807, 2.05) is 0 Å². The zero-order chi connectivity index (χ0) is 21.4. The number of halogens is 3. The third-order valence-electron chi connectivity index (χ3n) is 3.97. The number of nitrogens with one attached hydrogen (secondary N) is 1. The molecule has 0 aliphatic carbocycles. The molecule has 158 valence electrons. The Hall–Kier alpha value is -2.88. The highest BCUT2D eigenvalue weighted by Crippen LogP contribution is 2.32. The highest BCUT2D eigenvalue weighted by atomic mass is 19.4. The first-order valence-corrected chi connectivity index (χ1v) is 8.84. The molecular weight excluding hydrogens is 391 g/mol. The normalized spacial score (nSPS) is 12.4. The van der Waals surface area contributed by atoms with E-state index in [-0.39, 0.29) is 26.2 Å². The number of nitrogens with zero attached hydrogens (tertiary/aromatic N) is 2. The molecule has 0 fully saturated rings. The van der Waals surface area contributed by atoms with Crippen LogP contribution in [-0.2, 0) is 22.3 Å². The number of benzene rings is 1. The summed E-state index contributed by atoms with van der Waals surface area (Å²) in [5, 5.41) is 6.49. The lowest BCUT2D eigenvalue weighted by Crippen LogP contribution is -2.34. The van der Waals surface area contributed by atoms with Gasteiger partial charge in [0.05, 0.1) is 38.8 Å². The van der Waals surface area contributed by atoms with Gasteiger partial charge in [0.1, 0.15) is 17.6 Å². The minimum atomic E-state index is -4.86. The summed E-state index contributed by atoms with van der Waals surface area (Å²) in [5.74, 6) is 0.592. The number of methoxy groups -OCH3 is 1. The lowest BCUT2D eigenvalue weighted by atomic mass is 10.2. The first-order chi connectivity index (χ1) is 13.8. The van der Waals surface area contributed by atoms with E-state index in [0.717, 1.165) is 10.9 Å². The third kappa shape index (κ3) is 6.31. The van der Waals surface area contributed by atoms with Crippen LogP contribution in [-0.4, -0.2) is 42.4 Å². The SMILES string of the molecule is COc1ccc(Cn2ncc(N[C@@H](C)COCCC=O)c(C(F)(F)F)c2=O)cc1. The van der Waals surface area contributed by atoms with Gasteiger partial charge in [-0.25, -0.2) is 4.68 Å². The predicted molar refractivity (Wildman–Crippen MR) is 100 cm³/mol. The number of aromatic nitrogens is 2. The van der Waals surface area contributed by atoms with Gasteiger partial charge in [-0.2, -0.15) is 18.3 Å². The van der Waals surface area contributed by atoms with Crippen molar-refractivity contribution in [2.24, 2.45) is 0 Å². The molecule has 2 rings (SSSR count). The van der Waals surface area contributed by atoms with E-state index in [4.69, 9.17) is 9.47 Å². The summed E-state index contributed by atoms with van der Waals surface area (Å²) < 4.78 is 51.7. The summed E-state index contributed by atoms with van der Waals surface area (Å²) in [4.78, 5) is 22.7. The van der Waals surface area contributed by atoms with Crippen LogP contribution in [0.2, 0.25) is 0 Å². The zero-order valence-corrected chi connectivity index (χ0v) is 16.0. The predicted octanol–water partition coefficient (Wildman–Crippen LogP) is 2.73. The molecule has 0 saturated carbocycles. The summed E-state index contributed by atoms with van der Waals surface area (Å²) in [6.07, 6.45) is -2.99. The lowest BCUT2D eigenvalue weighted by molar-refractivity contribution is -0.138. The molecule has 0 saturated heterocycles. The van der Waals surface area contributed by atoms with E-state index in [1.54, 1.807) is 31.2 Å². The maximum absolute atomic E-state index is 13.6. The van der Waals surface area contributed by atoms with Gasteiger partial charge in [-0.15, -0.1) is 0 Å². The molecule has 0 unspecified atom stereocenters. The van der Waals surface area contributed by atoms with E-state index in [2.05, 4.69) is 10.4 Å². The second-order valence-corrected chi connectivity index (χ2v) is 6.32.